The van der Waals surface area contributed by atoms with E-state index in [9.17, 15) is 3.89 Å². The van der Waals surface area contributed by atoms with Crippen molar-refractivity contribution in [2.45, 2.75) is 93.4 Å². The maximum atomic E-state index is 13.4. The van der Waals surface area contributed by atoms with E-state index in [0.717, 1.165) is 53.8 Å². The van der Waals surface area contributed by atoms with E-state index in [1.165, 1.54) is 15.7 Å². The minimum atomic E-state index is 0.0356. The number of fused-ring (bicyclic) bond motifs is 1. The van der Waals surface area contributed by atoms with Gasteiger partial charge < -0.3 is 0 Å². The van der Waals surface area contributed by atoms with Crippen LogP contribution < -0.4 is 3.71 Å². The van der Waals surface area contributed by atoms with E-state index in [4.69, 9.17) is 4.98 Å². The summed E-state index contributed by atoms with van der Waals surface area (Å²) in [7, 11) is 0. The maximum Gasteiger partial charge on any atom is 0.177 e. The van der Waals surface area contributed by atoms with Gasteiger partial charge in [0.25, 0.3) is 0 Å². The second-order valence-corrected chi connectivity index (χ2v) is 9.88. The summed E-state index contributed by atoms with van der Waals surface area (Å²) in [4.78, 5) is 9.61. The molecule has 3 aromatic heterocycles. The summed E-state index contributed by atoms with van der Waals surface area (Å²) in [6.45, 7) is 20.4. The van der Waals surface area contributed by atoms with Crippen LogP contribution in [0.3, 0.4) is 0 Å². The Morgan fingerprint density at radius 1 is 0.951 bits per heavy atom. The van der Waals surface area contributed by atoms with Crippen LogP contribution in [0.2, 0.25) is 0 Å². The number of anilines is 1. The van der Waals surface area contributed by atoms with Gasteiger partial charge >= 0.3 is 0 Å². The van der Waals surface area contributed by atoms with Crippen LogP contribution in [0.5, 0.6) is 0 Å². The maximum absolute atomic E-state index is 13.4. The fraction of sp³-hybridized carbons (Fsp3) is 0.424. The van der Waals surface area contributed by atoms with Gasteiger partial charge in [-0.15, -0.1) is 3.89 Å². The van der Waals surface area contributed by atoms with Gasteiger partial charge in [-0.2, -0.15) is 9.61 Å². The van der Waals surface area contributed by atoms with Gasteiger partial charge in [0.05, 0.1) is 11.9 Å². The highest BCUT2D eigenvalue weighted by Gasteiger charge is 2.23. The molecule has 5 nitrogen and oxygen atoms in total. The van der Waals surface area contributed by atoms with Crippen molar-refractivity contribution in [2.24, 2.45) is 0 Å². The first kappa shape index (κ1) is 36.2. The van der Waals surface area contributed by atoms with E-state index in [0.29, 0.717) is 17.4 Å². The Kier molecular flexibility index (Phi) is 17.7. The summed E-state index contributed by atoms with van der Waals surface area (Å²) in [6, 6.07) is 15.9. The normalized spacial score (nSPS) is 12.4. The van der Waals surface area contributed by atoms with Crippen molar-refractivity contribution in [3.8, 4) is 22.4 Å². The van der Waals surface area contributed by atoms with E-state index in [2.05, 4.69) is 43.3 Å². The molecule has 4 aromatic rings. The van der Waals surface area contributed by atoms with Gasteiger partial charge in [0.1, 0.15) is 0 Å². The summed E-state index contributed by atoms with van der Waals surface area (Å²) in [5, 5.41) is 4.48. The summed E-state index contributed by atoms with van der Waals surface area (Å²) in [6.07, 6.45) is 8.81. The van der Waals surface area contributed by atoms with Crippen LogP contribution in [-0.2, 0) is 0 Å². The number of rotatable bonds is 5. The monoisotopic (exact) mass is 597 g/mol. The molecule has 0 radical (unpaired) electrons. The highest BCUT2D eigenvalue weighted by Crippen LogP contribution is 2.38. The van der Waals surface area contributed by atoms with E-state index < -0.39 is 0 Å². The molecule has 0 spiro atoms. The molecule has 0 atom stereocenters. The average Bonchev–Trinajstić information content (AvgIpc) is 3.48. The zero-order valence-electron chi connectivity index (χ0n) is 26.1. The first-order valence-electron chi connectivity index (χ1n) is 14.9. The second-order valence-electron chi connectivity index (χ2n) is 8.70. The fourth-order valence-corrected chi connectivity index (χ4v) is 4.55. The van der Waals surface area contributed by atoms with Crippen LogP contribution in [0.25, 0.3) is 28.0 Å². The van der Waals surface area contributed by atoms with Crippen LogP contribution >= 0.6 is 25.1 Å². The van der Waals surface area contributed by atoms with Crippen LogP contribution in [0.1, 0.15) is 99.1 Å². The number of hydrogen-bond acceptors (Lipinski definition) is 6. The summed E-state index contributed by atoms with van der Waals surface area (Å²) >= 11 is 4.31. The SMILES string of the molecule is C=C1CCC(c2cc(N(S)SF)n3ncc(-c4ccc(-c5ccccc5)nc4)c3n2)CC1.CC.CC.CC.CCC. The number of pyridine rings is 1. The largest absolute Gasteiger partial charge is 0.256 e. The van der Waals surface area contributed by atoms with Crippen molar-refractivity contribution in [3.05, 3.63) is 78.8 Å². The predicted molar refractivity (Wildman–Crippen MR) is 182 cm³/mol. The van der Waals surface area contributed by atoms with Crippen LogP contribution in [0, 0.1) is 0 Å². The molecule has 1 fully saturated rings. The number of benzene rings is 1. The Morgan fingerprint density at radius 2 is 1.56 bits per heavy atom. The lowest BCUT2D eigenvalue weighted by atomic mass is 9.84. The summed E-state index contributed by atoms with van der Waals surface area (Å²) < 4.78 is 16.2. The predicted octanol–water partition coefficient (Wildman–Crippen LogP) is 11.4. The highest BCUT2D eigenvalue weighted by molar-refractivity contribution is 8.08. The van der Waals surface area contributed by atoms with E-state index in [-0.39, 0.29) is 12.3 Å². The third-order valence-electron chi connectivity index (χ3n) is 5.99. The molecule has 8 heteroatoms. The Hall–Kier alpha value is -2.84. The zero-order valence-corrected chi connectivity index (χ0v) is 27.8. The molecule has 1 aromatic carbocycles. The third-order valence-corrected chi connectivity index (χ3v) is 6.70. The molecule has 3 heterocycles. The van der Waals surface area contributed by atoms with Crippen molar-refractivity contribution in [1.82, 2.24) is 19.6 Å². The number of halogens is 1. The number of aromatic nitrogens is 4. The van der Waals surface area contributed by atoms with Crippen molar-refractivity contribution < 1.29 is 3.89 Å². The number of allylic oxidation sites excluding steroid dienone is 1. The summed E-state index contributed by atoms with van der Waals surface area (Å²) in [5.41, 5.74) is 6.61. The molecular weight excluding hydrogens is 550 g/mol. The van der Waals surface area contributed by atoms with Crippen molar-refractivity contribution in [2.75, 3.05) is 3.71 Å². The van der Waals surface area contributed by atoms with E-state index in [1.807, 2.05) is 96.3 Å². The molecule has 1 aliphatic carbocycles. The fourth-order valence-electron chi connectivity index (χ4n) is 4.20. The Bertz CT molecular complexity index is 1270. The van der Waals surface area contributed by atoms with Gasteiger partial charge in [0, 0.05) is 40.6 Å². The molecule has 0 amide bonds. The molecule has 1 saturated carbocycles. The van der Waals surface area contributed by atoms with E-state index in [1.54, 1.807) is 10.7 Å². The van der Waals surface area contributed by atoms with E-state index >= 15 is 0 Å². The number of thiol groups is 1. The van der Waals surface area contributed by atoms with Crippen molar-refractivity contribution >= 4 is 36.6 Å². The Morgan fingerprint density at radius 3 is 2.10 bits per heavy atom. The topological polar surface area (TPSA) is 46.3 Å². The Labute approximate surface area is 257 Å². The molecule has 0 N–H and O–H groups in total. The second kappa shape index (κ2) is 20.1. The molecule has 41 heavy (non-hydrogen) atoms. The first-order chi connectivity index (χ1) is 20.0. The molecule has 0 saturated heterocycles. The minimum absolute atomic E-state index is 0.0356. The van der Waals surface area contributed by atoms with Crippen molar-refractivity contribution in [3.63, 3.8) is 0 Å². The lowest BCUT2D eigenvalue weighted by molar-refractivity contribution is 0.508. The van der Waals surface area contributed by atoms with Crippen LogP contribution in [0.15, 0.2) is 73.1 Å². The Balaban J connectivity index is 0.000000847. The molecule has 0 aliphatic heterocycles. The number of hydrogen-bond donors (Lipinski definition) is 1. The quantitative estimate of drug-likeness (QED) is 0.141. The van der Waals surface area contributed by atoms with Crippen LogP contribution in [-0.4, -0.2) is 19.6 Å². The average molecular weight is 598 g/mol. The lowest BCUT2D eigenvalue weighted by Gasteiger charge is -2.24. The van der Waals surface area contributed by atoms with Crippen LogP contribution in [0.4, 0.5) is 9.70 Å². The molecule has 1 aliphatic rings. The molecule has 5 rings (SSSR count). The van der Waals surface area contributed by atoms with Gasteiger partial charge in [-0.05, 0) is 31.7 Å². The van der Waals surface area contributed by atoms with Crippen molar-refractivity contribution in [1.29, 1.82) is 0 Å². The van der Waals surface area contributed by atoms with Gasteiger partial charge in [0.2, 0.25) is 0 Å². The molecule has 224 valence electrons. The highest BCUT2D eigenvalue weighted by atomic mass is 32.2. The minimum Gasteiger partial charge on any atom is -0.256 e. The number of nitrogens with zero attached hydrogens (tertiary/aromatic N) is 5. The smallest absolute Gasteiger partial charge is 0.177 e. The van der Waals surface area contributed by atoms with Gasteiger partial charge in [0.15, 0.2) is 23.8 Å². The summed E-state index contributed by atoms with van der Waals surface area (Å²) in [5.74, 6) is 0.835. The molecule has 0 bridgehead atoms. The van der Waals surface area contributed by atoms with Gasteiger partial charge in [-0.25, -0.2) is 8.69 Å². The van der Waals surface area contributed by atoms with Gasteiger partial charge in [-0.1, -0.05) is 123 Å². The first-order valence-corrected chi connectivity index (χ1v) is 16.0. The lowest BCUT2D eigenvalue weighted by Crippen LogP contribution is -2.12. The van der Waals surface area contributed by atoms with Gasteiger partial charge in [-0.3, -0.25) is 4.98 Å². The molecular formula is C33H48FN5S2. The standard InChI is InChI=1S/C24H22FN5S2.C3H8.3C2H6/c1-16-7-9-18(10-8-16)22-13-23(30(31)32-25)29-24(28-22)20(15-27-29)19-11-12-21(26-14-19)17-5-3-2-4-6-17;1-3-2;3*1-2/h2-6,11-15,18,31H,1,7-10H2;3H2,1-2H3;3*1-2H3. The third kappa shape index (κ3) is 9.89. The zero-order chi connectivity index (χ0) is 30.8. The molecule has 0 unspecified atom stereocenters.